The largest absolute Gasteiger partial charge is 0.382 e. The fourth-order valence-electron chi connectivity index (χ4n) is 1.33. The molecule has 2 aromatic rings. The van der Waals surface area contributed by atoms with Gasteiger partial charge in [-0.25, -0.2) is 0 Å². The van der Waals surface area contributed by atoms with Crippen molar-refractivity contribution in [2.45, 2.75) is 6.10 Å². The van der Waals surface area contributed by atoms with Gasteiger partial charge in [-0.3, -0.25) is 9.97 Å². The fourth-order valence-corrected chi connectivity index (χ4v) is 2.11. The molecule has 0 fully saturated rings. The van der Waals surface area contributed by atoms with Crippen LogP contribution in [0.25, 0.3) is 0 Å². The van der Waals surface area contributed by atoms with E-state index in [9.17, 15) is 5.11 Å². The summed E-state index contributed by atoms with van der Waals surface area (Å²) in [4.78, 5) is 7.94. The second kappa shape index (κ2) is 4.91. The number of hydrogen-bond acceptors (Lipinski definition) is 3. The first-order chi connectivity index (χ1) is 7.68. The minimum absolute atomic E-state index is 0.478. The summed E-state index contributed by atoms with van der Waals surface area (Å²) >= 11 is 9.34. The summed E-state index contributed by atoms with van der Waals surface area (Å²) in [6, 6.07) is 5.31. The van der Waals surface area contributed by atoms with E-state index in [4.69, 9.17) is 11.6 Å². The van der Waals surface area contributed by atoms with Gasteiger partial charge < -0.3 is 5.11 Å². The molecule has 3 nitrogen and oxygen atoms in total. The molecular formula is C11H8BrClN2O. The molecule has 82 valence electrons. The zero-order valence-corrected chi connectivity index (χ0v) is 10.5. The maximum Gasteiger partial charge on any atom is 0.124 e. The van der Waals surface area contributed by atoms with Gasteiger partial charge >= 0.3 is 0 Å². The molecule has 0 radical (unpaired) electrons. The maximum atomic E-state index is 10.1. The summed E-state index contributed by atoms with van der Waals surface area (Å²) < 4.78 is 0.868. The van der Waals surface area contributed by atoms with Gasteiger partial charge in [-0.2, -0.15) is 0 Å². The van der Waals surface area contributed by atoms with Crippen LogP contribution in [-0.4, -0.2) is 15.1 Å². The topological polar surface area (TPSA) is 46.0 Å². The summed E-state index contributed by atoms with van der Waals surface area (Å²) in [7, 11) is 0. The van der Waals surface area contributed by atoms with Crippen LogP contribution in [0.1, 0.15) is 17.4 Å². The van der Waals surface area contributed by atoms with Crippen LogP contribution in [0.3, 0.4) is 0 Å². The molecule has 0 amide bonds. The third kappa shape index (κ3) is 2.40. The highest BCUT2D eigenvalue weighted by molar-refractivity contribution is 9.10. The summed E-state index contributed by atoms with van der Waals surface area (Å²) in [6.45, 7) is 0. The van der Waals surface area contributed by atoms with Crippen molar-refractivity contribution in [3.63, 3.8) is 0 Å². The Morgan fingerprint density at radius 2 is 2.12 bits per heavy atom. The Balaban J connectivity index is 2.38. The SMILES string of the molecule is OC(c1cnccn1)c1ccc(Br)cc1Cl. The average molecular weight is 300 g/mol. The van der Waals surface area contributed by atoms with E-state index < -0.39 is 6.10 Å². The molecule has 0 aliphatic rings. The molecule has 0 aliphatic heterocycles. The van der Waals surface area contributed by atoms with E-state index in [-0.39, 0.29) is 0 Å². The van der Waals surface area contributed by atoms with E-state index in [1.807, 2.05) is 6.07 Å². The lowest BCUT2D eigenvalue weighted by atomic mass is 10.1. The van der Waals surface area contributed by atoms with Crippen LogP contribution >= 0.6 is 27.5 Å². The number of aromatic nitrogens is 2. The van der Waals surface area contributed by atoms with Gasteiger partial charge in [0.15, 0.2) is 0 Å². The maximum absolute atomic E-state index is 10.1. The van der Waals surface area contributed by atoms with E-state index in [1.54, 1.807) is 18.3 Å². The Morgan fingerprint density at radius 1 is 1.31 bits per heavy atom. The van der Waals surface area contributed by atoms with Gasteiger partial charge in [0, 0.05) is 27.5 Å². The van der Waals surface area contributed by atoms with Gasteiger partial charge in [0.25, 0.3) is 0 Å². The average Bonchev–Trinajstić information content (AvgIpc) is 2.29. The number of nitrogens with zero attached hydrogens (tertiary/aromatic N) is 2. The van der Waals surface area contributed by atoms with Gasteiger partial charge in [0.05, 0.1) is 11.9 Å². The molecule has 0 saturated heterocycles. The van der Waals surface area contributed by atoms with Crippen molar-refractivity contribution in [2.75, 3.05) is 0 Å². The standard InChI is InChI=1S/C11H8BrClN2O/c12-7-1-2-8(9(13)5-7)11(16)10-6-14-3-4-15-10/h1-6,11,16H. The van der Waals surface area contributed by atoms with Crippen LogP contribution in [-0.2, 0) is 0 Å². The second-order valence-corrected chi connectivity index (χ2v) is 4.52. The predicted molar refractivity (Wildman–Crippen MR) is 65.2 cm³/mol. The van der Waals surface area contributed by atoms with Gasteiger partial charge in [-0.1, -0.05) is 33.6 Å². The summed E-state index contributed by atoms with van der Waals surface area (Å²) in [6.07, 6.45) is 3.75. The Bertz CT molecular complexity index is 493. The normalized spacial score (nSPS) is 12.4. The van der Waals surface area contributed by atoms with Gasteiger partial charge in [0.2, 0.25) is 0 Å². The predicted octanol–water partition coefficient (Wildman–Crippen LogP) is 2.97. The molecule has 1 aromatic carbocycles. The lowest BCUT2D eigenvalue weighted by Gasteiger charge is -2.11. The molecule has 2 rings (SSSR count). The molecule has 1 N–H and O–H groups in total. The van der Waals surface area contributed by atoms with Gasteiger partial charge in [0.1, 0.15) is 6.10 Å². The van der Waals surface area contributed by atoms with E-state index in [1.165, 1.54) is 12.4 Å². The lowest BCUT2D eigenvalue weighted by Crippen LogP contribution is -2.03. The molecular weight excluding hydrogens is 291 g/mol. The molecule has 1 heterocycles. The van der Waals surface area contributed by atoms with E-state index in [0.717, 1.165) is 4.47 Å². The fraction of sp³-hybridized carbons (Fsp3) is 0.0909. The van der Waals surface area contributed by atoms with E-state index in [0.29, 0.717) is 16.3 Å². The quantitative estimate of drug-likeness (QED) is 0.927. The zero-order chi connectivity index (χ0) is 11.5. The smallest absolute Gasteiger partial charge is 0.124 e. The third-order valence-corrected chi connectivity index (χ3v) is 2.94. The van der Waals surface area contributed by atoms with Crippen molar-refractivity contribution in [3.05, 3.63) is 57.5 Å². The zero-order valence-electron chi connectivity index (χ0n) is 8.14. The Labute approximate surface area is 106 Å². The van der Waals surface area contributed by atoms with Crippen molar-refractivity contribution in [2.24, 2.45) is 0 Å². The molecule has 0 aliphatic carbocycles. The monoisotopic (exact) mass is 298 g/mol. The molecule has 0 spiro atoms. The van der Waals surface area contributed by atoms with Crippen molar-refractivity contribution < 1.29 is 5.11 Å². The highest BCUT2D eigenvalue weighted by atomic mass is 79.9. The first-order valence-electron chi connectivity index (χ1n) is 4.57. The lowest BCUT2D eigenvalue weighted by molar-refractivity contribution is 0.215. The first-order valence-corrected chi connectivity index (χ1v) is 5.74. The number of hydrogen-bond donors (Lipinski definition) is 1. The number of halogens is 2. The van der Waals surface area contributed by atoms with Crippen molar-refractivity contribution in [1.29, 1.82) is 0 Å². The van der Waals surface area contributed by atoms with Crippen molar-refractivity contribution in [3.8, 4) is 0 Å². The highest BCUT2D eigenvalue weighted by Crippen LogP contribution is 2.29. The number of aliphatic hydroxyl groups excluding tert-OH is 1. The van der Waals surface area contributed by atoms with Crippen LogP contribution < -0.4 is 0 Å². The van der Waals surface area contributed by atoms with Crippen LogP contribution in [0.15, 0.2) is 41.3 Å². The van der Waals surface area contributed by atoms with Gasteiger partial charge in [-0.15, -0.1) is 0 Å². The molecule has 0 bridgehead atoms. The van der Waals surface area contributed by atoms with Crippen LogP contribution in [0.2, 0.25) is 5.02 Å². The van der Waals surface area contributed by atoms with E-state index >= 15 is 0 Å². The molecule has 1 atom stereocenters. The molecule has 16 heavy (non-hydrogen) atoms. The Morgan fingerprint density at radius 3 is 2.75 bits per heavy atom. The minimum Gasteiger partial charge on any atom is -0.382 e. The first kappa shape index (κ1) is 11.5. The molecule has 1 unspecified atom stereocenters. The highest BCUT2D eigenvalue weighted by Gasteiger charge is 2.15. The molecule has 0 saturated carbocycles. The van der Waals surface area contributed by atoms with Crippen molar-refractivity contribution in [1.82, 2.24) is 9.97 Å². The van der Waals surface area contributed by atoms with Crippen molar-refractivity contribution >= 4 is 27.5 Å². The van der Waals surface area contributed by atoms with E-state index in [2.05, 4.69) is 25.9 Å². The number of benzene rings is 1. The Hall–Kier alpha value is -0.970. The van der Waals surface area contributed by atoms with Crippen LogP contribution in [0.5, 0.6) is 0 Å². The summed E-state index contributed by atoms with van der Waals surface area (Å²) in [5, 5.41) is 10.6. The second-order valence-electron chi connectivity index (χ2n) is 3.20. The molecule has 1 aromatic heterocycles. The Kier molecular flexibility index (Phi) is 3.53. The van der Waals surface area contributed by atoms with Crippen LogP contribution in [0, 0.1) is 0 Å². The third-order valence-electron chi connectivity index (χ3n) is 2.12. The number of aliphatic hydroxyl groups is 1. The van der Waals surface area contributed by atoms with Gasteiger partial charge in [-0.05, 0) is 12.1 Å². The summed E-state index contributed by atoms with van der Waals surface area (Å²) in [5.74, 6) is 0. The minimum atomic E-state index is -0.853. The number of rotatable bonds is 2. The summed E-state index contributed by atoms with van der Waals surface area (Å²) in [5.41, 5.74) is 1.09. The van der Waals surface area contributed by atoms with Crippen LogP contribution in [0.4, 0.5) is 0 Å². The molecule has 5 heteroatoms.